The summed E-state index contributed by atoms with van der Waals surface area (Å²) in [5, 5.41) is 9.32. The van der Waals surface area contributed by atoms with Gasteiger partial charge in [-0.15, -0.1) is 0 Å². The number of hydrogen-bond donors (Lipinski definition) is 1. The number of carbonyl (C=O) groups is 2. The van der Waals surface area contributed by atoms with Crippen molar-refractivity contribution in [2.24, 2.45) is 5.92 Å². The fourth-order valence-corrected chi connectivity index (χ4v) is 2.10. The van der Waals surface area contributed by atoms with Crippen molar-refractivity contribution in [3.63, 3.8) is 0 Å². The summed E-state index contributed by atoms with van der Waals surface area (Å²) >= 11 is 0. The Balaban J connectivity index is 2.67. The van der Waals surface area contributed by atoms with E-state index in [4.69, 9.17) is 4.74 Å². The molecule has 0 aromatic heterocycles. The first-order chi connectivity index (χ1) is 10.5. The lowest BCUT2D eigenvalue weighted by molar-refractivity contribution is 0.0407. The molecule has 0 heterocycles. The van der Waals surface area contributed by atoms with Gasteiger partial charge in [-0.1, -0.05) is 25.5 Å². The lowest BCUT2D eigenvalue weighted by Crippen LogP contribution is -2.18. The van der Waals surface area contributed by atoms with Gasteiger partial charge in [0.1, 0.15) is 0 Å². The molecule has 5 nitrogen and oxygen atoms in total. The first kappa shape index (κ1) is 18.2. The van der Waals surface area contributed by atoms with Gasteiger partial charge in [-0.05, 0) is 37.8 Å². The summed E-state index contributed by atoms with van der Waals surface area (Å²) in [6.45, 7) is 4.03. The smallest absolute Gasteiger partial charge is 0.339 e. The molecule has 0 saturated heterocycles. The minimum atomic E-state index is -0.561. The van der Waals surface area contributed by atoms with Crippen LogP contribution in [0.5, 0.6) is 0 Å². The highest BCUT2D eigenvalue weighted by molar-refractivity contribution is 6.03. The first-order valence-corrected chi connectivity index (χ1v) is 7.52. The molecule has 1 aromatic rings. The molecule has 1 rings (SSSR count). The molecule has 0 aliphatic rings. The van der Waals surface area contributed by atoms with Gasteiger partial charge in [-0.3, -0.25) is 0 Å². The average Bonchev–Trinajstić information content (AvgIpc) is 2.53. The van der Waals surface area contributed by atoms with Crippen molar-refractivity contribution in [1.82, 2.24) is 0 Å². The van der Waals surface area contributed by atoms with E-state index in [0.29, 0.717) is 6.42 Å². The van der Waals surface area contributed by atoms with E-state index < -0.39 is 11.9 Å². The molecule has 0 radical (unpaired) electrons. The number of hydrogen-bond acceptors (Lipinski definition) is 5. The topological polar surface area (TPSA) is 72.8 Å². The summed E-state index contributed by atoms with van der Waals surface area (Å²) in [6, 6.07) is 6.42. The average molecular weight is 308 g/mol. The Morgan fingerprint density at radius 1 is 1.14 bits per heavy atom. The molecule has 0 spiro atoms. The van der Waals surface area contributed by atoms with E-state index in [1.807, 2.05) is 6.92 Å². The number of carbonyl (C=O) groups excluding carboxylic acids is 2. The van der Waals surface area contributed by atoms with Gasteiger partial charge in [-0.25, -0.2) is 9.59 Å². The predicted octanol–water partition coefficient (Wildman–Crippen LogP) is 2.82. The molecule has 0 fully saturated rings. The van der Waals surface area contributed by atoms with Gasteiger partial charge in [0.2, 0.25) is 0 Å². The van der Waals surface area contributed by atoms with Crippen LogP contribution in [0.15, 0.2) is 24.3 Å². The summed E-state index contributed by atoms with van der Waals surface area (Å²) in [5.41, 5.74) is 0.409. The maximum absolute atomic E-state index is 12.2. The number of ether oxygens (including phenoxy) is 2. The molecule has 1 N–H and O–H groups in total. The zero-order valence-electron chi connectivity index (χ0n) is 13.4. The Morgan fingerprint density at radius 3 is 2.23 bits per heavy atom. The minimum absolute atomic E-state index is 0.198. The maximum atomic E-state index is 12.2. The lowest BCUT2D eigenvalue weighted by Gasteiger charge is -2.16. The van der Waals surface area contributed by atoms with E-state index in [2.05, 4.69) is 4.74 Å². The fraction of sp³-hybridized carbons (Fsp3) is 0.529. The van der Waals surface area contributed by atoms with Crippen LogP contribution in [0.25, 0.3) is 0 Å². The number of esters is 2. The van der Waals surface area contributed by atoms with E-state index in [1.54, 1.807) is 25.1 Å². The third-order valence-electron chi connectivity index (χ3n) is 3.57. The third kappa shape index (κ3) is 5.48. The van der Waals surface area contributed by atoms with Crippen molar-refractivity contribution < 1.29 is 24.2 Å². The Kier molecular flexibility index (Phi) is 7.60. The van der Waals surface area contributed by atoms with Crippen molar-refractivity contribution in [2.45, 2.75) is 39.2 Å². The van der Waals surface area contributed by atoms with Gasteiger partial charge in [0.15, 0.2) is 0 Å². The van der Waals surface area contributed by atoms with Crippen LogP contribution in [0.2, 0.25) is 0 Å². The molecule has 0 bridgehead atoms. The van der Waals surface area contributed by atoms with Crippen LogP contribution in [-0.2, 0) is 9.47 Å². The van der Waals surface area contributed by atoms with E-state index >= 15 is 0 Å². The van der Waals surface area contributed by atoms with Crippen LogP contribution < -0.4 is 0 Å². The Hall–Kier alpha value is -1.88. The van der Waals surface area contributed by atoms with Crippen LogP contribution in [0.3, 0.4) is 0 Å². The summed E-state index contributed by atoms with van der Waals surface area (Å²) in [7, 11) is 1.27. The quantitative estimate of drug-likeness (QED) is 0.748. The minimum Gasteiger partial charge on any atom is -0.465 e. The molecule has 0 aliphatic heterocycles. The number of methoxy groups -OCH3 is 1. The second-order valence-electron chi connectivity index (χ2n) is 5.34. The van der Waals surface area contributed by atoms with Crippen LogP contribution in [0, 0.1) is 5.92 Å². The number of benzene rings is 1. The third-order valence-corrected chi connectivity index (χ3v) is 3.57. The predicted molar refractivity (Wildman–Crippen MR) is 82.8 cm³/mol. The molecule has 5 heteroatoms. The van der Waals surface area contributed by atoms with Crippen molar-refractivity contribution in [1.29, 1.82) is 0 Å². The van der Waals surface area contributed by atoms with Gasteiger partial charge < -0.3 is 14.6 Å². The van der Waals surface area contributed by atoms with Crippen molar-refractivity contribution in [3.8, 4) is 0 Å². The molecule has 2 unspecified atom stereocenters. The molecular formula is C17H24O5. The highest BCUT2D eigenvalue weighted by atomic mass is 16.5. The van der Waals surface area contributed by atoms with Gasteiger partial charge >= 0.3 is 11.9 Å². The molecule has 22 heavy (non-hydrogen) atoms. The largest absolute Gasteiger partial charge is 0.465 e. The molecule has 2 atom stereocenters. The highest BCUT2D eigenvalue weighted by Gasteiger charge is 2.19. The molecule has 0 amide bonds. The molecular weight excluding hydrogens is 284 g/mol. The van der Waals surface area contributed by atoms with Crippen LogP contribution in [0.1, 0.15) is 53.8 Å². The van der Waals surface area contributed by atoms with E-state index in [-0.39, 0.29) is 29.8 Å². The van der Waals surface area contributed by atoms with Crippen LogP contribution in [0.4, 0.5) is 0 Å². The normalized spacial score (nSPS) is 13.3. The van der Waals surface area contributed by atoms with E-state index in [0.717, 1.165) is 12.8 Å². The fourth-order valence-electron chi connectivity index (χ4n) is 2.10. The van der Waals surface area contributed by atoms with Crippen molar-refractivity contribution in [2.75, 3.05) is 13.7 Å². The van der Waals surface area contributed by atoms with Crippen molar-refractivity contribution >= 4 is 11.9 Å². The Bertz CT molecular complexity index is 496. The van der Waals surface area contributed by atoms with E-state index in [1.165, 1.54) is 13.2 Å². The molecule has 0 saturated carbocycles. The second kappa shape index (κ2) is 9.20. The lowest BCUT2D eigenvalue weighted by atomic mass is 9.99. The van der Waals surface area contributed by atoms with Gasteiger partial charge in [0, 0.05) is 0 Å². The zero-order chi connectivity index (χ0) is 16.5. The van der Waals surface area contributed by atoms with Gasteiger partial charge in [0.25, 0.3) is 0 Å². The highest BCUT2D eigenvalue weighted by Crippen LogP contribution is 2.16. The summed E-state index contributed by atoms with van der Waals surface area (Å²) in [6.07, 6.45) is 1.97. The van der Waals surface area contributed by atoms with Gasteiger partial charge in [-0.2, -0.15) is 0 Å². The number of aliphatic hydroxyl groups is 1. The Morgan fingerprint density at radius 2 is 1.73 bits per heavy atom. The second-order valence-corrected chi connectivity index (χ2v) is 5.34. The monoisotopic (exact) mass is 308 g/mol. The van der Waals surface area contributed by atoms with Crippen LogP contribution >= 0.6 is 0 Å². The summed E-state index contributed by atoms with van der Waals surface area (Å²) in [4.78, 5) is 23.8. The summed E-state index contributed by atoms with van der Waals surface area (Å²) in [5.74, 6) is -0.894. The van der Waals surface area contributed by atoms with Crippen molar-refractivity contribution in [3.05, 3.63) is 35.4 Å². The number of rotatable bonds is 8. The maximum Gasteiger partial charge on any atom is 0.339 e. The zero-order valence-corrected chi connectivity index (χ0v) is 13.4. The summed E-state index contributed by atoms with van der Waals surface area (Å²) < 4.78 is 9.98. The first-order valence-electron chi connectivity index (χ1n) is 7.52. The standard InChI is InChI=1S/C17H24O5/c1-4-13(10-9-12(2)18)11-22-17(20)15-8-6-5-7-14(15)16(19)21-3/h5-8,12-13,18H,4,9-11H2,1-3H3. The van der Waals surface area contributed by atoms with E-state index in [9.17, 15) is 14.7 Å². The molecule has 0 aliphatic carbocycles. The molecule has 122 valence electrons. The van der Waals surface area contributed by atoms with Gasteiger partial charge in [0.05, 0.1) is 30.9 Å². The van der Waals surface area contributed by atoms with Crippen LogP contribution in [-0.4, -0.2) is 36.9 Å². The SMILES string of the molecule is CCC(CCC(C)O)COC(=O)c1ccccc1C(=O)OC. The molecule has 1 aromatic carbocycles. The number of aliphatic hydroxyl groups excluding tert-OH is 1. The Labute approximate surface area is 131 Å².